The molecule has 2 heterocycles. The van der Waals surface area contributed by atoms with Crippen LogP contribution in [-0.4, -0.2) is 37.3 Å². The van der Waals surface area contributed by atoms with Gasteiger partial charge >= 0.3 is 5.97 Å². The predicted octanol–water partition coefficient (Wildman–Crippen LogP) is 3.09. The van der Waals surface area contributed by atoms with Gasteiger partial charge in [-0.3, -0.25) is 4.79 Å². The van der Waals surface area contributed by atoms with Gasteiger partial charge in [-0.2, -0.15) is 0 Å². The van der Waals surface area contributed by atoms with E-state index in [9.17, 15) is 4.79 Å². The van der Waals surface area contributed by atoms with Crippen LogP contribution in [0.2, 0.25) is 0 Å². The molecule has 0 unspecified atom stereocenters. The fourth-order valence-electron chi connectivity index (χ4n) is 5.77. The molecule has 0 amide bonds. The smallest absolute Gasteiger partial charge is 0.303 e. The number of carboxylic acid groups (broad SMARTS) is 1. The van der Waals surface area contributed by atoms with E-state index in [1.807, 2.05) is 0 Å². The van der Waals surface area contributed by atoms with Gasteiger partial charge in [-0.25, -0.2) is 4.58 Å². The zero-order valence-electron chi connectivity index (χ0n) is 24.6. The summed E-state index contributed by atoms with van der Waals surface area (Å²) in [5.74, 6) is 2.76. The van der Waals surface area contributed by atoms with Crippen LogP contribution in [0.5, 0.6) is 5.75 Å². The molecule has 7 heteroatoms. The third kappa shape index (κ3) is 6.60. The van der Waals surface area contributed by atoms with E-state index in [1.54, 1.807) is 0 Å². The zero-order valence-corrected chi connectivity index (χ0v) is 25.3. The molecule has 0 saturated heterocycles. The average molecular weight is 577 g/mol. The molecule has 41 heavy (non-hydrogen) atoms. The van der Waals surface area contributed by atoms with Gasteiger partial charge in [0.15, 0.2) is 0 Å². The van der Waals surface area contributed by atoms with Crippen LogP contribution in [0.25, 0.3) is 23.5 Å². The van der Waals surface area contributed by atoms with E-state index in [-0.39, 0.29) is 24.2 Å². The van der Waals surface area contributed by atoms with Crippen LogP contribution >= 0.6 is 0 Å². The number of hydrogen-bond acceptors (Lipinski definition) is 4. The highest BCUT2D eigenvalue weighted by Gasteiger charge is 2.38. The van der Waals surface area contributed by atoms with E-state index >= 15 is 0 Å². The van der Waals surface area contributed by atoms with Crippen molar-refractivity contribution in [3.05, 3.63) is 81.6 Å². The van der Waals surface area contributed by atoms with Crippen LogP contribution in [0.4, 0.5) is 0 Å². The standard InChI is InChI=1S/C34H40N2O4.ClH/c1-5-36(6-2)26-14-13-25-20-28-32(40-30(25)21-26)22-31-27(34(28,3)4)19-24-12-11-23(18-29(24)39-31)15-17-35-16-9-7-8-10-33(37)38;/h11-14,18-22,35H,5-10,15-17H2,1-4H3;1H. The molecule has 0 spiro atoms. The number of halogens is 1. The average Bonchev–Trinajstić information content (AvgIpc) is 2.93. The number of carbonyl (C=O) groups is 1. The monoisotopic (exact) mass is 576 g/mol. The van der Waals surface area contributed by atoms with E-state index in [2.05, 4.69) is 92.2 Å². The summed E-state index contributed by atoms with van der Waals surface area (Å²) in [6, 6.07) is 15.3. The van der Waals surface area contributed by atoms with E-state index < -0.39 is 5.97 Å². The second-order valence-corrected chi connectivity index (χ2v) is 11.3. The normalized spacial score (nSPS) is 14.5. The number of allylic oxidation sites excluding steroid dienone is 1. The van der Waals surface area contributed by atoms with Crippen molar-refractivity contribution in [3.63, 3.8) is 0 Å². The molecule has 5 rings (SSSR count). The molecule has 4 aliphatic rings. The number of nitrogens with zero attached hydrogens (tertiary/aromatic N) is 1. The lowest BCUT2D eigenvalue weighted by Crippen LogP contribution is -3.00. The molecule has 0 atom stereocenters. The van der Waals surface area contributed by atoms with Gasteiger partial charge in [0.05, 0.1) is 6.07 Å². The molecule has 2 N–H and O–H groups in total. The van der Waals surface area contributed by atoms with Crippen LogP contribution in [0, 0.1) is 0 Å². The van der Waals surface area contributed by atoms with E-state index in [1.165, 1.54) is 22.1 Å². The molecule has 2 aliphatic heterocycles. The maximum Gasteiger partial charge on any atom is 0.303 e. The van der Waals surface area contributed by atoms with Gasteiger partial charge in [-0.05, 0) is 76.0 Å². The minimum absolute atomic E-state index is 0. The SMILES string of the molecule is CC[N+](CC)=c1ccc2cc3c(oc-2c1)C=C1Oc2cc(CCNCCCCCC(=O)O)ccc2C=C1C3(C)C.[Cl-]. The van der Waals surface area contributed by atoms with Gasteiger partial charge < -0.3 is 32.0 Å². The van der Waals surface area contributed by atoms with Gasteiger partial charge in [0.2, 0.25) is 5.36 Å². The number of fused-ring (bicyclic) bond motifs is 4. The number of nitrogens with one attached hydrogen (secondary N) is 1. The number of unbranched alkanes of at least 4 members (excludes halogenated alkanes) is 2. The van der Waals surface area contributed by atoms with E-state index in [0.717, 1.165) is 86.0 Å². The number of aliphatic carboxylic acids is 1. The molecule has 1 aromatic rings. The Kier molecular flexibility index (Phi) is 9.77. The summed E-state index contributed by atoms with van der Waals surface area (Å²) in [5, 5.41) is 13.4. The van der Waals surface area contributed by atoms with Gasteiger partial charge in [-0.1, -0.05) is 32.4 Å². The molecule has 0 radical (unpaired) electrons. The van der Waals surface area contributed by atoms with Crippen LogP contribution in [0.1, 0.15) is 75.8 Å². The lowest BCUT2D eigenvalue weighted by molar-refractivity contribution is -0.137. The molecule has 0 fully saturated rings. The molecule has 0 bridgehead atoms. The Balaban J connectivity index is 0.00000387. The summed E-state index contributed by atoms with van der Waals surface area (Å²) < 4.78 is 15.4. The van der Waals surface area contributed by atoms with Crippen molar-refractivity contribution in [2.24, 2.45) is 0 Å². The minimum Gasteiger partial charge on any atom is -1.00 e. The number of hydrogen-bond donors (Lipinski definition) is 2. The fourth-order valence-corrected chi connectivity index (χ4v) is 5.77. The van der Waals surface area contributed by atoms with Gasteiger partial charge in [0.25, 0.3) is 0 Å². The lowest BCUT2D eigenvalue weighted by atomic mass is 9.71. The van der Waals surface area contributed by atoms with Crippen LogP contribution < -0.4 is 32.4 Å². The summed E-state index contributed by atoms with van der Waals surface area (Å²) in [6.07, 6.45) is 8.16. The summed E-state index contributed by atoms with van der Waals surface area (Å²) in [5.41, 5.74) is 5.50. The topological polar surface area (TPSA) is 74.7 Å². The quantitative estimate of drug-likeness (QED) is 0.271. The molecule has 0 aromatic heterocycles. The molecular weight excluding hydrogens is 536 g/mol. The Labute approximate surface area is 249 Å². The number of benzene rings is 2. The molecule has 0 saturated carbocycles. The molecular formula is C34H41ClN2O4. The summed E-state index contributed by atoms with van der Waals surface area (Å²) >= 11 is 0. The third-order valence-corrected chi connectivity index (χ3v) is 8.22. The van der Waals surface area contributed by atoms with Crippen molar-refractivity contribution in [3.8, 4) is 17.1 Å². The Morgan fingerprint density at radius 2 is 1.78 bits per heavy atom. The summed E-state index contributed by atoms with van der Waals surface area (Å²) in [7, 11) is 0. The molecule has 6 nitrogen and oxygen atoms in total. The van der Waals surface area contributed by atoms with Crippen molar-refractivity contribution in [1.82, 2.24) is 9.89 Å². The summed E-state index contributed by atoms with van der Waals surface area (Å²) in [6.45, 7) is 12.5. The third-order valence-electron chi connectivity index (χ3n) is 8.22. The largest absolute Gasteiger partial charge is 1.00 e. The van der Waals surface area contributed by atoms with Gasteiger partial charge in [0, 0.05) is 46.2 Å². The van der Waals surface area contributed by atoms with E-state index in [4.69, 9.17) is 14.3 Å². The van der Waals surface area contributed by atoms with Crippen molar-refractivity contribution in [1.29, 1.82) is 0 Å². The second kappa shape index (κ2) is 13.1. The fraction of sp³-hybridized carbons (Fsp3) is 0.412. The first-order valence-electron chi connectivity index (χ1n) is 14.6. The Morgan fingerprint density at radius 1 is 0.976 bits per heavy atom. The van der Waals surface area contributed by atoms with Crippen molar-refractivity contribution >= 4 is 18.1 Å². The van der Waals surface area contributed by atoms with Crippen LogP contribution in [-0.2, 0) is 16.6 Å². The highest BCUT2D eigenvalue weighted by atomic mass is 35.5. The van der Waals surface area contributed by atoms with Gasteiger partial charge in [-0.15, -0.1) is 0 Å². The summed E-state index contributed by atoms with van der Waals surface area (Å²) in [4.78, 5) is 10.6. The predicted molar refractivity (Wildman–Crippen MR) is 160 cm³/mol. The van der Waals surface area contributed by atoms with Crippen LogP contribution in [0.3, 0.4) is 0 Å². The first-order chi connectivity index (χ1) is 19.3. The van der Waals surface area contributed by atoms with Crippen LogP contribution in [0.15, 0.2) is 58.2 Å². The first kappa shape index (κ1) is 30.6. The highest BCUT2D eigenvalue weighted by molar-refractivity contribution is 5.79. The second-order valence-electron chi connectivity index (χ2n) is 11.3. The minimum atomic E-state index is -0.714. The van der Waals surface area contributed by atoms with E-state index in [0.29, 0.717) is 0 Å². The lowest BCUT2D eigenvalue weighted by Gasteiger charge is -2.37. The Hall–Kier alpha value is -3.35. The number of ether oxygens (including phenoxy) is 1. The molecule has 2 aliphatic carbocycles. The first-order valence-corrected chi connectivity index (χ1v) is 14.6. The molecule has 218 valence electrons. The maximum atomic E-state index is 10.6. The zero-order chi connectivity index (χ0) is 28.3. The highest BCUT2D eigenvalue weighted by Crippen LogP contribution is 2.48. The molecule has 1 aromatic carbocycles. The number of carboxylic acids is 1. The van der Waals surface area contributed by atoms with Crippen molar-refractivity contribution in [2.75, 3.05) is 26.2 Å². The Morgan fingerprint density at radius 3 is 2.54 bits per heavy atom. The number of rotatable bonds is 11. The maximum absolute atomic E-state index is 10.6. The Bertz CT molecular complexity index is 1510. The van der Waals surface area contributed by atoms with Crippen molar-refractivity contribution < 1.29 is 31.5 Å². The van der Waals surface area contributed by atoms with Gasteiger partial charge in [0.1, 0.15) is 36.1 Å². The van der Waals surface area contributed by atoms with Crippen molar-refractivity contribution in [2.45, 2.75) is 65.2 Å².